The van der Waals surface area contributed by atoms with Crippen LogP contribution in [0.25, 0.3) is 0 Å². The largest absolute Gasteiger partial charge is 0.497 e. The molecule has 1 aromatic carbocycles. The highest BCUT2D eigenvalue weighted by atomic mass is 16.5. The summed E-state index contributed by atoms with van der Waals surface area (Å²) in [6, 6.07) is 6.82. The summed E-state index contributed by atoms with van der Waals surface area (Å²) in [5, 5.41) is 14.2. The fourth-order valence-corrected chi connectivity index (χ4v) is 1.90. The first kappa shape index (κ1) is 17.0. The maximum absolute atomic E-state index is 11.8. The van der Waals surface area contributed by atoms with E-state index >= 15 is 0 Å². The predicted octanol–water partition coefficient (Wildman–Crippen LogP) is 0.761. The van der Waals surface area contributed by atoms with Gasteiger partial charge in [0.15, 0.2) is 0 Å². The average Bonchev–Trinajstić information content (AvgIpc) is 2.46. The van der Waals surface area contributed by atoms with Crippen LogP contribution in [0.5, 0.6) is 5.75 Å². The minimum absolute atomic E-state index is 0.0356. The Bertz CT molecular complexity index is 459. The third-order valence-corrected chi connectivity index (χ3v) is 2.94. The third kappa shape index (κ3) is 6.27. The number of nitrogens with one attached hydrogen (secondary N) is 2. The first-order valence-corrected chi connectivity index (χ1v) is 6.85. The molecule has 1 atom stereocenters. The second-order valence-electron chi connectivity index (χ2n) is 4.66. The molecular formula is C15H22N2O4. The minimum Gasteiger partial charge on any atom is -0.497 e. The number of hydrogen-bond acceptors (Lipinski definition) is 4. The summed E-state index contributed by atoms with van der Waals surface area (Å²) in [6.07, 6.45) is 0.663. The van der Waals surface area contributed by atoms with Crippen LogP contribution in [0, 0.1) is 0 Å². The molecular weight excluding hydrogens is 272 g/mol. The van der Waals surface area contributed by atoms with Crippen LogP contribution in [0.1, 0.15) is 31.4 Å². The van der Waals surface area contributed by atoms with Gasteiger partial charge >= 0.3 is 0 Å². The molecule has 0 fully saturated rings. The number of aliphatic hydroxyl groups is 1. The van der Waals surface area contributed by atoms with Gasteiger partial charge in [-0.1, -0.05) is 12.1 Å². The van der Waals surface area contributed by atoms with Crippen LogP contribution in [0.3, 0.4) is 0 Å². The van der Waals surface area contributed by atoms with Gasteiger partial charge in [0.25, 0.3) is 0 Å². The molecule has 0 saturated carbocycles. The number of methoxy groups -OCH3 is 1. The number of hydrogen-bond donors (Lipinski definition) is 3. The van der Waals surface area contributed by atoms with Crippen LogP contribution in [0.15, 0.2) is 24.3 Å². The van der Waals surface area contributed by atoms with E-state index in [0.29, 0.717) is 18.7 Å². The molecule has 0 saturated heterocycles. The van der Waals surface area contributed by atoms with E-state index in [2.05, 4.69) is 10.6 Å². The fourth-order valence-electron chi connectivity index (χ4n) is 1.90. The Labute approximate surface area is 124 Å². The lowest BCUT2D eigenvalue weighted by Gasteiger charge is -2.18. The van der Waals surface area contributed by atoms with Gasteiger partial charge in [-0.3, -0.25) is 9.59 Å². The molecule has 1 aromatic rings. The Morgan fingerprint density at radius 2 is 1.95 bits per heavy atom. The molecule has 0 spiro atoms. The van der Waals surface area contributed by atoms with Gasteiger partial charge in [0.05, 0.1) is 19.6 Å². The van der Waals surface area contributed by atoms with Crippen molar-refractivity contribution in [1.82, 2.24) is 10.6 Å². The number of ether oxygens (including phenoxy) is 1. The quantitative estimate of drug-likeness (QED) is 0.618. The van der Waals surface area contributed by atoms with Crippen molar-refractivity contribution < 1.29 is 19.4 Å². The Hall–Kier alpha value is -2.08. The molecule has 3 N–H and O–H groups in total. The standard InChI is InChI=1S/C15H22N2O4/c1-11(19)17-14(10-15(20)16-8-3-9-18)12-4-6-13(21-2)7-5-12/h4-7,14,18H,3,8-10H2,1-2H3,(H,16,20)(H,17,19). The van der Waals surface area contributed by atoms with Crippen molar-refractivity contribution in [2.75, 3.05) is 20.3 Å². The lowest BCUT2D eigenvalue weighted by Crippen LogP contribution is -2.33. The zero-order valence-electron chi connectivity index (χ0n) is 12.4. The van der Waals surface area contributed by atoms with Gasteiger partial charge in [0, 0.05) is 20.1 Å². The summed E-state index contributed by atoms with van der Waals surface area (Å²) in [6.45, 7) is 1.87. The molecule has 0 aliphatic heterocycles. The Morgan fingerprint density at radius 3 is 2.48 bits per heavy atom. The van der Waals surface area contributed by atoms with Crippen molar-refractivity contribution in [3.63, 3.8) is 0 Å². The van der Waals surface area contributed by atoms with E-state index in [-0.39, 0.29) is 30.9 Å². The van der Waals surface area contributed by atoms with E-state index in [0.717, 1.165) is 5.56 Å². The molecule has 1 unspecified atom stereocenters. The number of rotatable bonds is 8. The Kier molecular flexibility index (Phi) is 7.25. The summed E-state index contributed by atoms with van der Waals surface area (Å²) in [7, 11) is 1.58. The summed E-state index contributed by atoms with van der Waals surface area (Å²) in [5.41, 5.74) is 0.836. The maximum atomic E-state index is 11.8. The summed E-state index contributed by atoms with van der Waals surface area (Å²) < 4.78 is 5.09. The summed E-state index contributed by atoms with van der Waals surface area (Å²) >= 11 is 0. The topological polar surface area (TPSA) is 87.7 Å². The molecule has 0 radical (unpaired) electrons. The SMILES string of the molecule is COc1ccc(C(CC(=O)NCCCO)NC(C)=O)cc1. The van der Waals surface area contributed by atoms with Crippen molar-refractivity contribution in [2.45, 2.75) is 25.8 Å². The Morgan fingerprint density at radius 1 is 1.29 bits per heavy atom. The highest BCUT2D eigenvalue weighted by Crippen LogP contribution is 2.20. The summed E-state index contributed by atoms with van der Waals surface area (Å²) in [4.78, 5) is 23.1. The molecule has 6 nitrogen and oxygen atoms in total. The van der Waals surface area contributed by atoms with Gasteiger partial charge < -0.3 is 20.5 Å². The first-order chi connectivity index (χ1) is 10.1. The first-order valence-electron chi connectivity index (χ1n) is 6.85. The number of benzene rings is 1. The third-order valence-electron chi connectivity index (χ3n) is 2.94. The maximum Gasteiger partial charge on any atom is 0.222 e. The molecule has 2 amide bonds. The second-order valence-corrected chi connectivity index (χ2v) is 4.66. The molecule has 0 heterocycles. The van der Waals surface area contributed by atoms with Gasteiger partial charge in [-0.15, -0.1) is 0 Å². The van der Waals surface area contributed by atoms with E-state index in [9.17, 15) is 9.59 Å². The highest BCUT2D eigenvalue weighted by Gasteiger charge is 2.16. The summed E-state index contributed by atoms with van der Waals surface area (Å²) in [5.74, 6) is 0.352. The Balaban J connectivity index is 2.70. The van der Waals surface area contributed by atoms with E-state index < -0.39 is 0 Å². The zero-order valence-corrected chi connectivity index (χ0v) is 12.4. The van der Waals surface area contributed by atoms with Crippen molar-refractivity contribution >= 4 is 11.8 Å². The van der Waals surface area contributed by atoms with Crippen LogP contribution >= 0.6 is 0 Å². The van der Waals surface area contributed by atoms with Gasteiger partial charge in [-0.2, -0.15) is 0 Å². The lowest BCUT2D eigenvalue weighted by molar-refractivity contribution is -0.122. The highest BCUT2D eigenvalue weighted by molar-refractivity contribution is 5.79. The van der Waals surface area contributed by atoms with Gasteiger partial charge in [0.2, 0.25) is 11.8 Å². The van der Waals surface area contributed by atoms with Crippen LogP contribution in [-0.2, 0) is 9.59 Å². The molecule has 6 heteroatoms. The average molecular weight is 294 g/mol. The van der Waals surface area contributed by atoms with E-state index in [1.807, 2.05) is 12.1 Å². The fraction of sp³-hybridized carbons (Fsp3) is 0.467. The van der Waals surface area contributed by atoms with Crippen molar-refractivity contribution in [3.05, 3.63) is 29.8 Å². The molecule has 0 aliphatic carbocycles. The molecule has 0 aliphatic rings. The van der Waals surface area contributed by atoms with Crippen molar-refractivity contribution in [3.8, 4) is 5.75 Å². The van der Waals surface area contributed by atoms with Crippen LogP contribution in [0.4, 0.5) is 0 Å². The van der Waals surface area contributed by atoms with E-state index in [1.165, 1.54) is 6.92 Å². The van der Waals surface area contributed by atoms with Gasteiger partial charge in [-0.25, -0.2) is 0 Å². The molecule has 1 rings (SSSR count). The zero-order chi connectivity index (χ0) is 15.7. The monoisotopic (exact) mass is 294 g/mol. The van der Waals surface area contributed by atoms with Gasteiger partial charge in [-0.05, 0) is 24.1 Å². The number of aliphatic hydroxyl groups excluding tert-OH is 1. The predicted molar refractivity (Wildman–Crippen MR) is 78.9 cm³/mol. The minimum atomic E-state index is -0.387. The van der Waals surface area contributed by atoms with Crippen molar-refractivity contribution in [2.24, 2.45) is 0 Å². The van der Waals surface area contributed by atoms with Crippen LogP contribution in [-0.4, -0.2) is 37.2 Å². The smallest absolute Gasteiger partial charge is 0.222 e. The molecule has 116 valence electrons. The molecule has 21 heavy (non-hydrogen) atoms. The van der Waals surface area contributed by atoms with Crippen LogP contribution in [0.2, 0.25) is 0 Å². The van der Waals surface area contributed by atoms with Crippen LogP contribution < -0.4 is 15.4 Å². The number of amides is 2. The normalized spacial score (nSPS) is 11.6. The van der Waals surface area contributed by atoms with E-state index in [4.69, 9.17) is 9.84 Å². The number of carbonyl (C=O) groups is 2. The molecule has 0 bridgehead atoms. The lowest BCUT2D eigenvalue weighted by atomic mass is 10.0. The molecule has 0 aromatic heterocycles. The second kappa shape index (κ2) is 8.97. The van der Waals surface area contributed by atoms with E-state index in [1.54, 1.807) is 19.2 Å². The van der Waals surface area contributed by atoms with Gasteiger partial charge in [0.1, 0.15) is 5.75 Å². The van der Waals surface area contributed by atoms with Crippen molar-refractivity contribution in [1.29, 1.82) is 0 Å². The number of carbonyl (C=O) groups excluding carboxylic acids is 2.